The van der Waals surface area contributed by atoms with E-state index >= 15 is 0 Å². The van der Waals surface area contributed by atoms with Crippen molar-refractivity contribution in [3.63, 3.8) is 0 Å². The van der Waals surface area contributed by atoms with Crippen molar-refractivity contribution in [1.82, 2.24) is 4.98 Å². The number of primary amides is 1. The number of rotatable bonds is 5. The van der Waals surface area contributed by atoms with E-state index in [9.17, 15) is 4.79 Å². The number of amides is 1. The molecule has 2 rings (SSSR count). The summed E-state index contributed by atoms with van der Waals surface area (Å²) in [5.74, 6) is 0.281. The monoisotopic (exact) mass is 271 g/mol. The molecular weight excluding hydrogens is 254 g/mol. The summed E-state index contributed by atoms with van der Waals surface area (Å²) in [6.45, 7) is 2.08. The molecule has 0 saturated heterocycles. The average Bonchev–Trinajstić information content (AvgIpc) is 2.47. The van der Waals surface area contributed by atoms with E-state index in [1.807, 2.05) is 24.3 Å². The molecule has 0 aliphatic heterocycles. The van der Waals surface area contributed by atoms with Gasteiger partial charge in [0, 0.05) is 11.8 Å². The summed E-state index contributed by atoms with van der Waals surface area (Å²) >= 11 is 0. The van der Waals surface area contributed by atoms with Crippen LogP contribution in [0.3, 0.4) is 0 Å². The van der Waals surface area contributed by atoms with E-state index in [-0.39, 0.29) is 0 Å². The van der Waals surface area contributed by atoms with E-state index in [0.717, 1.165) is 12.1 Å². The normalized spacial score (nSPS) is 10.1. The first-order chi connectivity index (χ1) is 9.63. The summed E-state index contributed by atoms with van der Waals surface area (Å²) in [7, 11) is 1.52. The van der Waals surface area contributed by atoms with Gasteiger partial charge in [-0.25, -0.2) is 0 Å². The minimum Gasteiger partial charge on any atom is -0.481 e. The molecule has 1 heterocycles. The van der Waals surface area contributed by atoms with Crippen molar-refractivity contribution in [3.8, 4) is 5.88 Å². The second-order valence-electron chi connectivity index (χ2n) is 4.29. The molecule has 0 radical (unpaired) electrons. The predicted octanol–water partition coefficient (Wildman–Crippen LogP) is 2.50. The fourth-order valence-corrected chi connectivity index (χ4v) is 1.85. The van der Waals surface area contributed by atoms with Gasteiger partial charge in [-0.3, -0.25) is 4.79 Å². The molecule has 0 spiro atoms. The number of aromatic nitrogens is 1. The molecule has 5 heteroatoms. The number of carbonyl (C=O) groups excluding carboxylic acids is 1. The smallest absolute Gasteiger partial charge is 0.252 e. The quantitative estimate of drug-likeness (QED) is 0.875. The summed E-state index contributed by atoms with van der Waals surface area (Å²) in [6, 6.07) is 11.1. The number of aryl methyl sites for hydroxylation is 1. The van der Waals surface area contributed by atoms with Crippen molar-refractivity contribution in [2.24, 2.45) is 5.73 Å². The molecule has 0 atom stereocenters. The predicted molar refractivity (Wildman–Crippen MR) is 78.4 cm³/mol. The number of hydrogen-bond donors (Lipinski definition) is 2. The first-order valence-electron chi connectivity index (χ1n) is 6.35. The Hall–Kier alpha value is -2.56. The first kappa shape index (κ1) is 13.9. The first-order valence-corrected chi connectivity index (χ1v) is 6.35. The lowest BCUT2D eigenvalue weighted by Gasteiger charge is -2.11. The summed E-state index contributed by atoms with van der Waals surface area (Å²) < 4.78 is 5.07. The van der Waals surface area contributed by atoms with Crippen LogP contribution in [0.15, 0.2) is 36.4 Å². The van der Waals surface area contributed by atoms with Crippen molar-refractivity contribution >= 4 is 17.4 Å². The highest BCUT2D eigenvalue weighted by Gasteiger charge is 2.11. The third-order valence-corrected chi connectivity index (χ3v) is 2.94. The third kappa shape index (κ3) is 3.06. The Bertz CT molecular complexity index is 626. The summed E-state index contributed by atoms with van der Waals surface area (Å²) in [5.41, 5.74) is 7.73. The number of nitrogens with zero attached hydrogens (tertiary/aromatic N) is 1. The van der Waals surface area contributed by atoms with Gasteiger partial charge in [-0.05, 0) is 30.2 Å². The van der Waals surface area contributed by atoms with Gasteiger partial charge < -0.3 is 15.8 Å². The minimum absolute atomic E-state index is 0.327. The van der Waals surface area contributed by atoms with Gasteiger partial charge >= 0.3 is 0 Å². The lowest BCUT2D eigenvalue weighted by Crippen LogP contribution is -2.14. The molecule has 1 amide bonds. The average molecular weight is 271 g/mol. The highest BCUT2D eigenvalue weighted by Crippen LogP contribution is 2.22. The van der Waals surface area contributed by atoms with Gasteiger partial charge in [-0.1, -0.05) is 19.1 Å². The van der Waals surface area contributed by atoms with Gasteiger partial charge in [-0.2, -0.15) is 4.98 Å². The van der Waals surface area contributed by atoms with Crippen LogP contribution in [0.1, 0.15) is 22.8 Å². The number of nitrogens with one attached hydrogen (secondary N) is 1. The highest BCUT2D eigenvalue weighted by molar-refractivity contribution is 5.98. The molecule has 2 aromatic rings. The van der Waals surface area contributed by atoms with Crippen molar-refractivity contribution in [2.75, 3.05) is 12.4 Å². The Morgan fingerprint density at radius 2 is 2.15 bits per heavy atom. The Morgan fingerprint density at radius 3 is 2.80 bits per heavy atom. The van der Waals surface area contributed by atoms with Crippen LogP contribution in [0.25, 0.3) is 0 Å². The van der Waals surface area contributed by atoms with Crippen molar-refractivity contribution in [3.05, 3.63) is 47.5 Å². The number of benzene rings is 1. The van der Waals surface area contributed by atoms with Gasteiger partial charge in [0.25, 0.3) is 5.91 Å². The second kappa shape index (κ2) is 6.06. The van der Waals surface area contributed by atoms with Gasteiger partial charge in [0.15, 0.2) is 0 Å². The zero-order valence-corrected chi connectivity index (χ0v) is 11.5. The van der Waals surface area contributed by atoms with Crippen LogP contribution >= 0.6 is 0 Å². The van der Waals surface area contributed by atoms with Crippen LogP contribution in [-0.2, 0) is 6.42 Å². The van der Waals surface area contributed by atoms with Crippen molar-refractivity contribution in [2.45, 2.75) is 13.3 Å². The van der Waals surface area contributed by atoms with E-state index in [1.54, 1.807) is 12.1 Å². The lowest BCUT2D eigenvalue weighted by molar-refractivity contribution is 0.100. The number of carbonyl (C=O) groups is 1. The van der Waals surface area contributed by atoms with Crippen LogP contribution in [0.4, 0.5) is 11.5 Å². The summed E-state index contributed by atoms with van der Waals surface area (Å²) in [4.78, 5) is 15.7. The molecule has 0 aliphatic carbocycles. The molecule has 1 aromatic carbocycles. The lowest BCUT2D eigenvalue weighted by atomic mass is 10.1. The van der Waals surface area contributed by atoms with Gasteiger partial charge in [0.1, 0.15) is 5.82 Å². The maximum absolute atomic E-state index is 11.4. The molecule has 5 nitrogen and oxygen atoms in total. The van der Waals surface area contributed by atoms with Crippen LogP contribution in [0.2, 0.25) is 0 Å². The molecule has 0 saturated carbocycles. The molecule has 3 N–H and O–H groups in total. The van der Waals surface area contributed by atoms with Crippen molar-refractivity contribution in [1.29, 1.82) is 0 Å². The van der Waals surface area contributed by atoms with E-state index < -0.39 is 5.91 Å². The highest BCUT2D eigenvalue weighted by atomic mass is 16.5. The fourth-order valence-electron chi connectivity index (χ4n) is 1.85. The number of anilines is 2. The number of hydrogen-bond acceptors (Lipinski definition) is 4. The van der Waals surface area contributed by atoms with E-state index in [4.69, 9.17) is 10.5 Å². The van der Waals surface area contributed by atoms with Crippen LogP contribution in [0.5, 0.6) is 5.88 Å². The largest absolute Gasteiger partial charge is 0.481 e. The number of nitrogens with two attached hydrogens (primary N) is 1. The topological polar surface area (TPSA) is 77.2 Å². The van der Waals surface area contributed by atoms with Gasteiger partial charge in [0.05, 0.1) is 12.7 Å². The zero-order valence-electron chi connectivity index (χ0n) is 11.5. The zero-order chi connectivity index (χ0) is 14.5. The molecule has 104 valence electrons. The van der Waals surface area contributed by atoms with Crippen LogP contribution in [-0.4, -0.2) is 18.0 Å². The van der Waals surface area contributed by atoms with E-state index in [2.05, 4.69) is 17.2 Å². The summed E-state index contributed by atoms with van der Waals surface area (Å²) in [6.07, 6.45) is 0.934. The van der Waals surface area contributed by atoms with Crippen molar-refractivity contribution < 1.29 is 9.53 Å². The van der Waals surface area contributed by atoms with Gasteiger partial charge in [-0.15, -0.1) is 0 Å². The van der Waals surface area contributed by atoms with Crippen LogP contribution < -0.4 is 15.8 Å². The summed E-state index contributed by atoms with van der Waals surface area (Å²) in [5, 5.41) is 3.11. The Morgan fingerprint density at radius 1 is 1.35 bits per heavy atom. The SMILES string of the molecule is CCc1cccc(Nc2nc(OC)ccc2C(N)=O)c1. The van der Waals surface area contributed by atoms with E-state index in [1.165, 1.54) is 12.7 Å². The maximum atomic E-state index is 11.4. The molecular formula is C15H17N3O2. The Labute approximate surface area is 117 Å². The second-order valence-corrected chi connectivity index (χ2v) is 4.29. The van der Waals surface area contributed by atoms with E-state index in [0.29, 0.717) is 17.3 Å². The molecule has 0 aliphatic rings. The molecule has 0 fully saturated rings. The Balaban J connectivity index is 2.37. The third-order valence-electron chi connectivity index (χ3n) is 2.94. The number of methoxy groups -OCH3 is 1. The standard InChI is InChI=1S/C15H17N3O2/c1-3-10-5-4-6-11(9-10)17-15-12(14(16)19)7-8-13(18-15)20-2/h4-9H,3H2,1-2H3,(H2,16,19)(H,17,18). The molecule has 0 unspecified atom stereocenters. The molecule has 20 heavy (non-hydrogen) atoms. The van der Waals surface area contributed by atoms with Gasteiger partial charge in [0.2, 0.25) is 5.88 Å². The van der Waals surface area contributed by atoms with Crippen LogP contribution in [0, 0.1) is 0 Å². The number of pyridine rings is 1. The molecule has 1 aromatic heterocycles. The molecule has 0 bridgehead atoms. The minimum atomic E-state index is -0.533. The fraction of sp³-hybridized carbons (Fsp3) is 0.200. The maximum Gasteiger partial charge on any atom is 0.252 e. The Kier molecular flexibility index (Phi) is 4.20. The number of ether oxygens (including phenoxy) is 1.